The van der Waals surface area contributed by atoms with E-state index in [0.717, 1.165) is 30.5 Å². The fourth-order valence-electron chi connectivity index (χ4n) is 3.90. The maximum Gasteiger partial charge on any atom is 0.322 e. The van der Waals surface area contributed by atoms with Gasteiger partial charge in [0, 0.05) is 16.3 Å². The van der Waals surface area contributed by atoms with Gasteiger partial charge in [0.15, 0.2) is 0 Å². The average Bonchev–Trinajstić information content (AvgIpc) is 3.19. The summed E-state index contributed by atoms with van der Waals surface area (Å²) in [6.45, 7) is 4.87. The van der Waals surface area contributed by atoms with Gasteiger partial charge in [-0.15, -0.1) is 0 Å². The van der Waals surface area contributed by atoms with Crippen molar-refractivity contribution in [1.29, 1.82) is 5.26 Å². The molecule has 0 unspecified atom stereocenters. The van der Waals surface area contributed by atoms with E-state index in [-0.39, 0.29) is 17.4 Å². The van der Waals surface area contributed by atoms with Gasteiger partial charge >= 0.3 is 6.03 Å². The van der Waals surface area contributed by atoms with Gasteiger partial charge in [-0.1, -0.05) is 29.3 Å². The number of amides is 2. The van der Waals surface area contributed by atoms with Crippen LogP contribution in [0, 0.1) is 16.7 Å². The number of carbonyl (C=O) groups is 1. The molecule has 2 aliphatic rings. The zero-order valence-electron chi connectivity index (χ0n) is 19.6. The number of nitrogen functional groups attached to an aromatic ring is 1. The summed E-state index contributed by atoms with van der Waals surface area (Å²) in [5, 5.41) is 12.8. The predicted molar refractivity (Wildman–Crippen MR) is 136 cm³/mol. The van der Waals surface area contributed by atoms with Gasteiger partial charge in [-0.05, 0) is 57.4 Å². The van der Waals surface area contributed by atoms with Crippen LogP contribution in [0.4, 0.5) is 10.7 Å². The first kappa shape index (κ1) is 24.8. The second kappa shape index (κ2) is 10.1. The van der Waals surface area contributed by atoms with E-state index in [1.807, 2.05) is 32.1 Å². The third kappa shape index (κ3) is 5.69. The minimum absolute atomic E-state index is 0.0846. The Bertz CT molecular complexity index is 1270. The van der Waals surface area contributed by atoms with Crippen LogP contribution >= 0.6 is 23.2 Å². The first-order valence-corrected chi connectivity index (χ1v) is 12.1. The molecule has 1 aliphatic heterocycles. The number of ether oxygens (including phenoxy) is 1. The van der Waals surface area contributed by atoms with Crippen molar-refractivity contribution in [1.82, 2.24) is 20.2 Å². The lowest BCUT2D eigenvalue weighted by molar-refractivity contribution is 0.201. The standard InChI is InChI=1S/C25H26Cl2N6O2/c1-25(2,14-28)8-3-4-9-35-20-11-15(26)10-18(27)21(20)22-17-12-33(13-19(17)31-23(29)32-22)24(34)30-16-6-5-7-16/h5-7,10-11H,3-4,8-9,12-13H2,1-2H3,(H,30,34)(H2,29,31,32). The van der Waals surface area contributed by atoms with E-state index in [9.17, 15) is 10.1 Å². The molecule has 182 valence electrons. The number of carbonyl (C=O) groups excluding carboxylic acids is 1. The first-order valence-electron chi connectivity index (χ1n) is 11.3. The van der Waals surface area contributed by atoms with Gasteiger partial charge in [-0.3, -0.25) is 0 Å². The first-order chi connectivity index (χ1) is 16.7. The maximum atomic E-state index is 12.7. The second-order valence-electron chi connectivity index (χ2n) is 9.19. The number of anilines is 1. The normalized spacial score (nSPS) is 14.1. The lowest BCUT2D eigenvalue weighted by Crippen LogP contribution is -2.36. The highest BCUT2D eigenvalue weighted by molar-refractivity contribution is 6.37. The van der Waals surface area contributed by atoms with Crippen LogP contribution in [0.3, 0.4) is 0 Å². The zero-order chi connectivity index (χ0) is 25.2. The van der Waals surface area contributed by atoms with Gasteiger partial charge in [-0.25, -0.2) is 14.8 Å². The smallest absolute Gasteiger partial charge is 0.322 e. The number of fused-ring (bicyclic) bond motifs is 1. The average molecular weight is 513 g/mol. The van der Waals surface area contributed by atoms with E-state index >= 15 is 0 Å². The van der Waals surface area contributed by atoms with Gasteiger partial charge in [-0.2, -0.15) is 5.26 Å². The lowest BCUT2D eigenvalue weighted by Gasteiger charge is -2.18. The Morgan fingerprint density at radius 2 is 2.06 bits per heavy atom. The molecule has 0 atom stereocenters. The highest BCUT2D eigenvalue weighted by Crippen LogP contribution is 2.42. The third-order valence-corrected chi connectivity index (χ3v) is 6.42. The van der Waals surface area contributed by atoms with E-state index < -0.39 is 0 Å². The molecule has 2 heterocycles. The van der Waals surface area contributed by atoms with Crippen LogP contribution in [0.25, 0.3) is 11.3 Å². The predicted octanol–water partition coefficient (Wildman–Crippen LogP) is 5.61. The molecule has 1 aliphatic carbocycles. The van der Waals surface area contributed by atoms with Gasteiger partial charge in [0.25, 0.3) is 0 Å². The van der Waals surface area contributed by atoms with E-state index in [1.165, 1.54) is 0 Å². The molecular weight excluding hydrogens is 487 g/mol. The molecule has 4 rings (SSSR count). The fourth-order valence-corrected chi connectivity index (χ4v) is 4.47. The number of nitrogens with zero attached hydrogens (tertiary/aromatic N) is 4. The summed E-state index contributed by atoms with van der Waals surface area (Å²) in [6.07, 6.45) is 7.88. The summed E-state index contributed by atoms with van der Waals surface area (Å²) >= 11 is 12.9. The molecule has 2 amide bonds. The number of benzene rings is 1. The van der Waals surface area contributed by atoms with E-state index in [2.05, 4.69) is 21.4 Å². The van der Waals surface area contributed by atoms with Crippen molar-refractivity contribution in [2.24, 2.45) is 5.41 Å². The molecule has 2 aromatic rings. The maximum absolute atomic E-state index is 12.7. The van der Waals surface area contributed by atoms with E-state index in [0.29, 0.717) is 52.4 Å². The van der Waals surface area contributed by atoms with Crippen LogP contribution in [0.2, 0.25) is 10.0 Å². The molecule has 8 nitrogen and oxygen atoms in total. The van der Waals surface area contributed by atoms with Crippen LogP contribution < -0.4 is 15.8 Å². The largest absolute Gasteiger partial charge is 0.493 e. The highest BCUT2D eigenvalue weighted by Gasteiger charge is 2.31. The number of nitrogens with two attached hydrogens (primary N) is 1. The van der Waals surface area contributed by atoms with Crippen LogP contribution in [0.1, 0.15) is 44.4 Å². The van der Waals surface area contributed by atoms with Crippen molar-refractivity contribution in [2.45, 2.75) is 46.2 Å². The fraction of sp³-hybridized carbons (Fsp3) is 0.360. The molecule has 0 bridgehead atoms. The molecule has 1 aromatic heterocycles. The number of nitrogens with one attached hydrogen (secondary N) is 1. The molecule has 0 fully saturated rings. The van der Waals surface area contributed by atoms with Crippen LogP contribution in [0.5, 0.6) is 5.75 Å². The van der Waals surface area contributed by atoms with Crippen molar-refractivity contribution in [3.63, 3.8) is 0 Å². The molecule has 0 radical (unpaired) electrons. The minimum atomic E-state index is -0.368. The number of urea groups is 1. The van der Waals surface area contributed by atoms with Crippen LogP contribution in [-0.4, -0.2) is 27.5 Å². The second-order valence-corrected chi connectivity index (χ2v) is 10.0. The molecule has 3 N–H and O–H groups in total. The Hall–Kier alpha value is -3.28. The van der Waals surface area contributed by atoms with Gasteiger partial charge in [0.1, 0.15) is 5.75 Å². The van der Waals surface area contributed by atoms with Crippen molar-refractivity contribution in [3.05, 3.63) is 57.4 Å². The minimum Gasteiger partial charge on any atom is -0.493 e. The lowest BCUT2D eigenvalue weighted by atomic mass is 9.89. The Morgan fingerprint density at radius 3 is 2.74 bits per heavy atom. The van der Waals surface area contributed by atoms with Crippen molar-refractivity contribution >= 4 is 35.2 Å². The summed E-state index contributed by atoms with van der Waals surface area (Å²) < 4.78 is 6.09. The monoisotopic (exact) mass is 512 g/mol. The summed E-state index contributed by atoms with van der Waals surface area (Å²) in [5.41, 5.74) is 8.92. The number of hydrogen-bond acceptors (Lipinski definition) is 6. The number of unbranched alkanes of at least 4 members (excludes halogenated alkanes) is 1. The van der Waals surface area contributed by atoms with Crippen molar-refractivity contribution in [2.75, 3.05) is 12.3 Å². The molecule has 10 heteroatoms. The van der Waals surface area contributed by atoms with Gasteiger partial charge < -0.3 is 20.7 Å². The number of halogens is 2. The number of aromatic nitrogens is 2. The quantitative estimate of drug-likeness (QED) is 0.443. The Kier molecular flexibility index (Phi) is 7.20. The SMILES string of the molecule is CC(C)(C#N)CCCCOc1cc(Cl)cc(Cl)c1-c1nc(N)nc2c1CN(C(=O)NC1=CC=C1)C2. The molecule has 0 saturated heterocycles. The molecule has 35 heavy (non-hydrogen) atoms. The number of nitriles is 1. The number of allylic oxidation sites excluding steroid dienone is 3. The highest BCUT2D eigenvalue weighted by atomic mass is 35.5. The molecule has 0 spiro atoms. The summed E-state index contributed by atoms with van der Waals surface area (Å²) in [4.78, 5) is 23.2. The van der Waals surface area contributed by atoms with Crippen LogP contribution in [-0.2, 0) is 13.1 Å². The molecular formula is C25H26Cl2N6O2. The molecule has 0 saturated carbocycles. The van der Waals surface area contributed by atoms with Crippen LogP contribution in [0.15, 0.2) is 36.1 Å². The van der Waals surface area contributed by atoms with E-state index in [4.69, 9.17) is 33.7 Å². The summed E-state index contributed by atoms with van der Waals surface area (Å²) in [6, 6.07) is 5.40. The Balaban J connectivity index is 1.56. The number of rotatable bonds is 8. The summed E-state index contributed by atoms with van der Waals surface area (Å²) in [7, 11) is 0. The zero-order valence-corrected chi connectivity index (χ0v) is 21.1. The topological polar surface area (TPSA) is 117 Å². The van der Waals surface area contributed by atoms with Crippen molar-refractivity contribution < 1.29 is 9.53 Å². The van der Waals surface area contributed by atoms with Crippen molar-refractivity contribution in [3.8, 4) is 23.1 Å². The summed E-state index contributed by atoms with van der Waals surface area (Å²) in [5.74, 6) is 0.566. The van der Waals surface area contributed by atoms with Gasteiger partial charge in [0.05, 0.1) is 53.2 Å². The van der Waals surface area contributed by atoms with Gasteiger partial charge in [0.2, 0.25) is 5.95 Å². The Morgan fingerprint density at radius 1 is 1.29 bits per heavy atom. The number of hydrogen-bond donors (Lipinski definition) is 2. The van der Waals surface area contributed by atoms with E-state index in [1.54, 1.807) is 17.0 Å². The molecule has 1 aromatic carbocycles. The third-order valence-electron chi connectivity index (χ3n) is 5.90. The Labute approximate surface area is 214 Å².